The van der Waals surface area contributed by atoms with Crippen LogP contribution < -0.4 is 10.3 Å². The molecule has 0 fully saturated rings. The summed E-state index contributed by atoms with van der Waals surface area (Å²) in [5.41, 5.74) is 1.63. The van der Waals surface area contributed by atoms with Crippen LogP contribution >= 0.6 is 38.5 Å². The van der Waals surface area contributed by atoms with Crippen LogP contribution in [0.2, 0.25) is 0 Å². The Hall–Kier alpha value is 0.284. The second-order valence-electron chi connectivity index (χ2n) is 3.70. The van der Waals surface area contributed by atoms with Crippen LogP contribution in [-0.2, 0) is 39.8 Å². The molecule has 1 radical (unpaired) electrons. The van der Waals surface area contributed by atoms with Crippen molar-refractivity contribution >= 4 is 38.5 Å². The Labute approximate surface area is 158 Å². The molecular weight excluding hydrogens is 498 g/mol. The average molecular weight is 508 g/mol. The van der Waals surface area contributed by atoms with Gasteiger partial charge in [-0.15, -0.1) is 28.7 Å². The molecule has 0 aliphatic heterocycles. The smallest absolute Gasteiger partial charge is 0.207 e. The van der Waals surface area contributed by atoms with Gasteiger partial charge in [0.15, 0.2) is 0 Å². The summed E-state index contributed by atoms with van der Waals surface area (Å²) >= 11 is 5.49. The maximum Gasteiger partial charge on any atom is 0.207 e. The van der Waals surface area contributed by atoms with Crippen LogP contribution in [0.4, 0.5) is 0 Å². The molecule has 2 rings (SSSR count). The molecule has 97 valence electrons. The maximum atomic E-state index is 11.9. The normalized spacial score (nSPS) is 9.89. The van der Waals surface area contributed by atoms with E-state index in [1.54, 1.807) is 24.8 Å². The van der Waals surface area contributed by atoms with Crippen molar-refractivity contribution in [3.63, 3.8) is 0 Å². The van der Waals surface area contributed by atoms with Crippen LogP contribution in [0.1, 0.15) is 0 Å². The summed E-state index contributed by atoms with van der Waals surface area (Å²) < 4.78 is 8.27. The van der Waals surface area contributed by atoms with Crippen molar-refractivity contribution in [3.8, 4) is 17.0 Å². The zero-order chi connectivity index (χ0) is 13.3. The number of benzene rings is 1. The number of methoxy groups -OCH3 is 1. The quantitative estimate of drug-likeness (QED) is 0.462. The van der Waals surface area contributed by atoms with E-state index in [0.29, 0.717) is 3.57 Å². The first-order chi connectivity index (χ1) is 8.54. The predicted molar refractivity (Wildman–Crippen MR) is 82.9 cm³/mol. The summed E-state index contributed by atoms with van der Waals surface area (Å²) in [5.74, 6) is 0.765. The Morgan fingerprint density at radius 3 is 2.68 bits per heavy atom. The first kappa shape index (κ1) is 17.3. The summed E-state index contributed by atoms with van der Waals surface area (Å²) in [7, 11) is 3.36. The molecule has 6 heteroatoms. The number of rotatable bonds is 2. The summed E-state index contributed by atoms with van der Waals surface area (Å²) in [4.78, 5) is 11.9. The van der Waals surface area contributed by atoms with Crippen LogP contribution in [0.25, 0.3) is 11.3 Å². The molecule has 0 unspecified atom stereocenters. The van der Waals surface area contributed by atoms with Crippen molar-refractivity contribution in [2.45, 2.75) is 0 Å². The minimum absolute atomic E-state index is 0. The fourth-order valence-electron chi connectivity index (χ4n) is 1.63. The minimum Gasteiger partial charge on any atom is -0.497 e. The zero-order valence-corrected chi connectivity index (χ0v) is 17.0. The molecule has 0 bridgehead atoms. The van der Waals surface area contributed by atoms with Gasteiger partial charge in [0, 0.05) is 39.8 Å². The third-order valence-corrected chi connectivity index (χ3v) is 4.04. The van der Waals surface area contributed by atoms with E-state index in [4.69, 9.17) is 4.74 Å². The van der Waals surface area contributed by atoms with E-state index < -0.39 is 0 Å². The largest absolute Gasteiger partial charge is 0.497 e. The van der Waals surface area contributed by atoms with Gasteiger partial charge in [-0.05, 0) is 20.2 Å². The van der Waals surface area contributed by atoms with Crippen molar-refractivity contribution in [3.05, 3.63) is 48.7 Å². The molecular formula is C13H10BrINO2Y-. The monoisotopic (exact) mass is 507 g/mol. The van der Waals surface area contributed by atoms with E-state index in [-0.39, 0.29) is 38.3 Å². The van der Waals surface area contributed by atoms with Crippen LogP contribution in [0.15, 0.2) is 33.5 Å². The Bertz CT molecular complexity index is 658. The Morgan fingerprint density at radius 1 is 1.42 bits per heavy atom. The van der Waals surface area contributed by atoms with Crippen LogP contribution in [0.5, 0.6) is 5.75 Å². The fourth-order valence-corrected chi connectivity index (χ4v) is 2.69. The molecule has 0 aliphatic carbocycles. The molecule has 0 spiro atoms. The first-order valence-electron chi connectivity index (χ1n) is 5.15. The van der Waals surface area contributed by atoms with Crippen molar-refractivity contribution in [2.75, 3.05) is 7.11 Å². The SMILES string of the molecule is COc1ccc(-c2[c-]cc(I)c(=O)n2C)c(Br)c1.[Y]. The van der Waals surface area contributed by atoms with Gasteiger partial charge in [-0.1, -0.05) is 27.2 Å². The van der Waals surface area contributed by atoms with Gasteiger partial charge in [0.1, 0.15) is 5.75 Å². The Morgan fingerprint density at radius 2 is 2.11 bits per heavy atom. The van der Waals surface area contributed by atoms with Crippen molar-refractivity contribution in [1.82, 2.24) is 4.57 Å². The zero-order valence-electron chi connectivity index (χ0n) is 10.4. The molecule has 0 saturated heterocycles. The van der Waals surface area contributed by atoms with Gasteiger partial charge in [0.25, 0.3) is 0 Å². The van der Waals surface area contributed by atoms with E-state index >= 15 is 0 Å². The van der Waals surface area contributed by atoms with E-state index in [0.717, 1.165) is 21.5 Å². The molecule has 1 heterocycles. The van der Waals surface area contributed by atoms with Crippen molar-refractivity contribution in [2.24, 2.45) is 7.05 Å². The number of hydrogen-bond donors (Lipinski definition) is 0. The molecule has 0 atom stereocenters. The topological polar surface area (TPSA) is 31.2 Å². The molecule has 1 aromatic heterocycles. The van der Waals surface area contributed by atoms with Crippen molar-refractivity contribution in [1.29, 1.82) is 0 Å². The second-order valence-corrected chi connectivity index (χ2v) is 5.71. The van der Waals surface area contributed by atoms with Crippen molar-refractivity contribution < 1.29 is 37.4 Å². The van der Waals surface area contributed by atoms with E-state index in [1.165, 1.54) is 0 Å². The van der Waals surface area contributed by atoms with Gasteiger partial charge in [0.2, 0.25) is 5.56 Å². The third kappa shape index (κ3) is 3.68. The van der Waals surface area contributed by atoms with Gasteiger partial charge in [-0.25, -0.2) is 0 Å². The van der Waals surface area contributed by atoms with Gasteiger partial charge in [-0.2, -0.15) is 12.1 Å². The molecule has 3 nitrogen and oxygen atoms in total. The number of hydrogen-bond acceptors (Lipinski definition) is 2. The van der Waals surface area contributed by atoms with Gasteiger partial charge in [0.05, 0.1) is 7.11 Å². The summed E-state index contributed by atoms with van der Waals surface area (Å²) in [6.45, 7) is 0. The van der Waals surface area contributed by atoms with E-state index in [9.17, 15) is 4.79 Å². The maximum absolute atomic E-state index is 11.9. The molecule has 19 heavy (non-hydrogen) atoms. The van der Waals surface area contributed by atoms with Crippen LogP contribution in [0.3, 0.4) is 0 Å². The van der Waals surface area contributed by atoms with Crippen LogP contribution in [-0.4, -0.2) is 11.7 Å². The Balaban J connectivity index is 0.00000180. The van der Waals surface area contributed by atoms with Crippen LogP contribution in [0, 0.1) is 9.64 Å². The number of pyridine rings is 1. The minimum atomic E-state index is -0.0212. The summed E-state index contributed by atoms with van der Waals surface area (Å²) in [6, 6.07) is 10.5. The fraction of sp³-hybridized carbons (Fsp3) is 0.154. The number of aromatic nitrogens is 1. The molecule has 1 aromatic carbocycles. The average Bonchev–Trinajstić information content (AvgIpc) is 2.37. The molecule has 0 saturated carbocycles. The standard InChI is InChI=1S/C13H10BrINO2.Y/c1-16-12(6-5-11(15)13(16)17)9-4-3-8(18-2)7-10(9)14;/h3-5,7H,1-2H3;/q-1;. The summed E-state index contributed by atoms with van der Waals surface area (Å²) in [5, 5.41) is 0. The summed E-state index contributed by atoms with van der Waals surface area (Å²) in [6.07, 6.45) is 0. The first-order valence-corrected chi connectivity index (χ1v) is 7.03. The molecule has 2 aromatic rings. The molecule has 0 amide bonds. The molecule has 0 N–H and O–H groups in total. The molecule has 0 aliphatic rings. The van der Waals surface area contributed by atoms with E-state index in [1.807, 2.05) is 40.8 Å². The van der Waals surface area contributed by atoms with Gasteiger partial charge < -0.3 is 9.30 Å². The number of ether oxygens (including phenoxy) is 1. The van der Waals surface area contributed by atoms with Gasteiger partial charge >= 0.3 is 0 Å². The number of nitrogens with zero attached hydrogens (tertiary/aromatic N) is 1. The Kier molecular flexibility index (Phi) is 6.69. The third-order valence-electron chi connectivity index (χ3n) is 2.61. The number of halogens is 2. The van der Waals surface area contributed by atoms with E-state index in [2.05, 4.69) is 22.0 Å². The van der Waals surface area contributed by atoms with Gasteiger partial charge in [-0.3, -0.25) is 4.79 Å². The second kappa shape index (κ2) is 7.34. The predicted octanol–water partition coefficient (Wildman–Crippen LogP) is 3.23.